The zero-order chi connectivity index (χ0) is 28.5. The van der Waals surface area contributed by atoms with Gasteiger partial charge in [-0.1, -0.05) is 55.0 Å². The Balaban J connectivity index is 1.30. The third-order valence-electron chi connectivity index (χ3n) is 8.48. The average Bonchev–Trinajstić information content (AvgIpc) is 3.69. The van der Waals surface area contributed by atoms with Crippen LogP contribution in [0.2, 0.25) is 0 Å². The van der Waals surface area contributed by atoms with Crippen LogP contribution in [-0.2, 0) is 22.7 Å². The third-order valence-corrected chi connectivity index (χ3v) is 8.48. The van der Waals surface area contributed by atoms with Gasteiger partial charge in [-0.15, -0.1) is 0 Å². The van der Waals surface area contributed by atoms with E-state index in [4.69, 9.17) is 4.74 Å². The topological polar surface area (TPSA) is 79.4 Å². The number of piperidine rings is 1. The maximum absolute atomic E-state index is 13.4. The van der Waals surface area contributed by atoms with Gasteiger partial charge in [0.1, 0.15) is 12.4 Å². The average molecular weight is 559 g/mol. The van der Waals surface area contributed by atoms with Gasteiger partial charge in [0, 0.05) is 51.9 Å². The first kappa shape index (κ1) is 26.3. The van der Waals surface area contributed by atoms with Gasteiger partial charge in [0.25, 0.3) is 11.8 Å². The van der Waals surface area contributed by atoms with E-state index in [1.54, 1.807) is 0 Å². The van der Waals surface area contributed by atoms with Crippen LogP contribution in [0.5, 0.6) is 5.75 Å². The maximum atomic E-state index is 13.4. The van der Waals surface area contributed by atoms with Crippen molar-refractivity contribution >= 4 is 44.8 Å². The number of benzene rings is 3. The van der Waals surface area contributed by atoms with E-state index in [0.29, 0.717) is 17.8 Å². The maximum Gasteiger partial charge on any atom is 0.259 e. The highest BCUT2D eigenvalue weighted by Gasteiger charge is 2.35. The smallest absolute Gasteiger partial charge is 0.259 e. The number of ether oxygens (including phenoxy) is 1. The highest BCUT2D eigenvalue weighted by Crippen LogP contribution is 2.39. The predicted molar refractivity (Wildman–Crippen MR) is 166 cm³/mol. The molecule has 2 aliphatic heterocycles. The Kier molecular flexibility index (Phi) is 7.10. The van der Waals surface area contributed by atoms with E-state index in [-0.39, 0.29) is 11.8 Å². The summed E-state index contributed by atoms with van der Waals surface area (Å²) in [6.07, 6.45) is 8.75. The van der Waals surface area contributed by atoms with Crippen LogP contribution in [0.25, 0.3) is 33.0 Å². The van der Waals surface area contributed by atoms with E-state index in [0.717, 1.165) is 63.8 Å². The third kappa shape index (κ3) is 5.01. The SMILES string of the molecule is O=C1NC(=O)C(c2cn(CCCN3CCCCC3)c3ccc(OCc4ccccc4)cc23)=C1c1c[nH]c2ccccc12. The molecule has 7 heteroatoms. The van der Waals surface area contributed by atoms with Gasteiger partial charge in [0.05, 0.1) is 11.1 Å². The molecule has 2 amide bonds. The monoisotopic (exact) mass is 558 g/mol. The minimum Gasteiger partial charge on any atom is -0.489 e. The van der Waals surface area contributed by atoms with Crippen molar-refractivity contribution < 1.29 is 14.3 Å². The zero-order valence-corrected chi connectivity index (χ0v) is 23.6. The van der Waals surface area contributed by atoms with Crippen molar-refractivity contribution in [2.75, 3.05) is 19.6 Å². The Morgan fingerprint density at radius 1 is 0.762 bits per heavy atom. The lowest BCUT2D eigenvalue weighted by Crippen LogP contribution is -2.31. The fraction of sp³-hybridized carbons (Fsp3) is 0.257. The van der Waals surface area contributed by atoms with Gasteiger partial charge in [-0.05, 0) is 68.7 Å². The van der Waals surface area contributed by atoms with E-state index < -0.39 is 0 Å². The van der Waals surface area contributed by atoms with Gasteiger partial charge in [-0.3, -0.25) is 14.9 Å². The number of amides is 2. The Bertz CT molecular complexity index is 1810. The van der Waals surface area contributed by atoms with Crippen molar-refractivity contribution in [2.45, 2.75) is 38.8 Å². The molecule has 42 heavy (non-hydrogen) atoms. The van der Waals surface area contributed by atoms with Crippen LogP contribution in [-0.4, -0.2) is 45.9 Å². The van der Waals surface area contributed by atoms with E-state index >= 15 is 0 Å². The molecule has 3 aromatic carbocycles. The number of H-pyrrole nitrogens is 1. The predicted octanol–water partition coefficient (Wildman–Crippen LogP) is 6.14. The van der Waals surface area contributed by atoms with Crippen LogP contribution in [0.1, 0.15) is 42.4 Å². The summed E-state index contributed by atoms with van der Waals surface area (Å²) in [5, 5.41) is 4.38. The number of carbonyl (C=O) groups is 2. The van der Waals surface area contributed by atoms with E-state index in [9.17, 15) is 9.59 Å². The summed E-state index contributed by atoms with van der Waals surface area (Å²) in [6.45, 7) is 4.66. The lowest BCUT2D eigenvalue weighted by Gasteiger charge is -2.26. The van der Waals surface area contributed by atoms with Crippen LogP contribution in [0.4, 0.5) is 0 Å². The molecule has 0 atom stereocenters. The number of fused-ring (bicyclic) bond motifs is 2. The highest BCUT2D eigenvalue weighted by atomic mass is 16.5. The van der Waals surface area contributed by atoms with Crippen molar-refractivity contribution in [1.29, 1.82) is 0 Å². The van der Waals surface area contributed by atoms with Crippen LogP contribution >= 0.6 is 0 Å². The molecule has 7 rings (SSSR count). The summed E-state index contributed by atoms with van der Waals surface area (Å²) in [7, 11) is 0. The first-order valence-electron chi connectivity index (χ1n) is 14.8. The number of aromatic nitrogens is 2. The molecule has 0 aliphatic carbocycles. The number of imide groups is 1. The number of likely N-dealkylation sites (tertiary alicyclic amines) is 1. The van der Waals surface area contributed by atoms with E-state index in [1.165, 1.54) is 32.4 Å². The van der Waals surface area contributed by atoms with Crippen molar-refractivity contribution in [2.24, 2.45) is 0 Å². The number of hydrogen-bond acceptors (Lipinski definition) is 4. The van der Waals surface area contributed by atoms with Crippen LogP contribution in [0.3, 0.4) is 0 Å². The number of aromatic amines is 1. The van der Waals surface area contributed by atoms with E-state index in [1.807, 2.05) is 79.1 Å². The molecule has 1 saturated heterocycles. The molecule has 2 N–H and O–H groups in total. The lowest BCUT2D eigenvalue weighted by atomic mass is 9.95. The lowest BCUT2D eigenvalue weighted by molar-refractivity contribution is -0.122. The molecule has 0 saturated carbocycles. The second-order valence-electron chi connectivity index (χ2n) is 11.2. The van der Waals surface area contributed by atoms with Gasteiger partial charge >= 0.3 is 0 Å². The van der Waals surface area contributed by atoms with Gasteiger partial charge < -0.3 is 19.2 Å². The number of nitrogens with zero attached hydrogens (tertiary/aromatic N) is 2. The fourth-order valence-electron chi connectivity index (χ4n) is 6.39. The minimum atomic E-state index is -0.373. The molecule has 0 unspecified atom stereocenters. The van der Waals surface area contributed by atoms with Crippen LogP contribution in [0, 0.1) is 0 Å². The molecule has 0 spiro atoms. The first-order valence-corrected chi connectivity index (χ1v) is 14.8. The van der Waals surface area contributed by atoms with Crippen molar-refractivity contribution in [1.82, 2.24) is 19.8 Å². The molecule has 2 aromatic heterocycles. The molecular formula is C35H34N4O3. The van der Waals surface area contributed by atoms with Gasteiger partial charge in [0.2, 0.25) is 0 Å². The number of rotatable bonds is 9. The number of hydrogen-bond donors (Lipinski definition) is 2. The molecule has 4 heterocycles. The Morgan fingerprint density at radius 2 is 1.52 bits per heavy atom. The van der Waals surface area contributed by atoms with Crippen LogP contribution in [0.15, 0.2) is 85.2 Å². The summed E-state index contributed by atoms with van der Waals surface area (Å²) in [5.41, 5.74) is 5.31. The number of para-hydroxylation sites is 1. The highest BCUT2D eigenvalue weighted by molar-refractivity contribution is 6.50. The van der Waals surface area contributed by atoms with Crippen molar-refractivity contribution in [3.63, 3.8) is 0 Å². The second kappa shape index (κ2) is 11.3. The number of carbonyl (C=O) groups excluding carboxylic acids is 2. The summed E-state index contributed by atoms with van der Waals surface area (Å²) >= 11 is 0. The molecule has 5 aromatic rings. The second-order valence-corrected chi connectivity index (χ2v) is 11.2. The number of nitrogens with one attached hydrogen (secondary N) is 2. The van der Waals surface area contributed by atoms with Gasteiger partial charge in [-0.25, -0.2) is 0 Å². The van der Waals surface area contributed by atoms with Crippen molar-refractivity contribution in [3.05, 3.63) is 102 Å². The molecule has 1 fully saturated rings. The number of aryl methyl sites for hydroxylation is 1. The van der Waals surface area contributed by atoms with E-state index in [2.05, 4.69) is 25.8 Å². The normalized spacial score (nSPS) is 16.1. The van der Waals surface area contributed by atoms with Crippen molar-refractivity contribution in [3.8, 4) is 5.75 Å². The largest absolute Gasteiger partial charge is 0.489 e. The molecule has 0 radical (unpaired) electrons. The molecule has 0 bridgehead atoms. The zero-order valence-electron chi connectivity index (χ0n) is 23.6. The Hall–Kier alpha value is -4.62. The molecule has 2 aliphatic rings. The van der Waals surface area contributed by atoms with Gasteiger partial charge in [-0.2, -0.15) is 0 Å². The Morgan fingerprint density at radius 3 is 2.36 bits per heavy atom. The molecular weight excluding hydrogens is 524 g/mol. The molecule has 212 valence electrons. The van der Waals surface area contributed by atoms with Crippen LogP contribution < -0.4 is 10.1 Å². The Labute approximate surface area is 244 Å². The summed E-state index contributed by atoms with van der Waals surface area (Å²) < 4.78 is 8.42. The summed E-state index contributed by atoms with van der Waals surface area (Å²) in [5.74, 6) is -0.0249. The van der Waals surface area contributed by atoms with Gasteiger partial charge in [0.15, 0.2) is 0 Å². The summed E-state index contributed by atoms with van der Waals surface area (Å²) in [4.78, 5) is 32.5. The molecule has 7 nitrogen and oxygen atoms in total. The minimum absolute atomic E-state index is 0.372. The fourth-order valence-corrected chi connectivity index (χ4v) is 6.39. The summed E-state index contributed by atoms with van der Waals surface area (Å²) in [6, 6.07) is 24.0. The standard InChI is InChI=1S/C35H34N4O3/c40-34-32(28-21-36-30-13-6-5-12-26(28)30)33(35(41)37-34)29-22-39(19-9-18-38-16-7-2-8-17-38)31-15-14-25(20-27(29)31)42-23-24-10-3-1-4-11-24/h1,3-6,10-15,20-22,36H,2,7-9,16-19,23H2,(H,37,40,41). The first-order chi connectivity index (χ1) is 20.7. The quantitative estimate of drug-likeness (QED) is 0.213.